The van der Waals surface area contributed by atoms with Crippen LogP contribution in [0.4, 0.5) is 36.4 Å². The van der Waals surface area contributed by atoms with Gasteiger partial charge < -0.3 is 20.7 Å². The van der Waals surface area contributed by atoms with Crippen molar-refractivity contribution in [2.75, 3.05) is 41.4 Å². The molecule has 0 saturated carbocycles. The van der Waals surface area contributed by atoms with Crippen LogP contribution in [0.5, 0.6) is 0 Å². The van der Waals surface area contributed by atoms with Crippen molar-refractivity contribution in [3.8, 4) is 0 Å². The van der Waals surface area contributed by atoms with Crippen LogP contribution in [0.15, 0.2) is 48.8 Å². The number of amides is 1. The first kappa shape index (κ1) is 29.6. The lowest BCUT2D eigenvalue weighted by Crippen LogP contribution is -2.25. The minimum Gasteiger partial charge on any atom is -0.385 e. The number of carbonyl (C=O) groups is 1. The van der Waals surface area contributed by atoms with Crippen LogP contribution in [0.1, 0.15) is 34.8 Å². The normalized spacial score (nSPS) is 11.6. The summed E-state index contributed by atoms with van der Waals surface area (Å²) in [7, 11) is -2.09. The average molecular weight is 568 g/mol. The Morgan fingerprint density at radius 3 is 2.62 bits per heavy atom. The number of sulfonamides is 1. The average Bonchev–Trinajstić information content (AvgIpc) is 2.90. The van der Waals surface area contributed by atoms with Crippen molar-refractivity contribution < 1.29 is 31.1 Å². The maximum atomic E-state index is 13.7. The summed E-state index contributed by atoms with van der Waals surface area (Å²) < 4.78 is 72.2. The molecule has 1 amide bonds. The molecular weight excluding hydrogens is 539 g/mol. The number of halogens is 3. The summed E-state index contributed by atoms with van der Waals surface area (Å²) in [6, 6.07) is 9.37. The van der Waals surface area contributed by atoms with Crippen LogP contribution in [0.25, 0.3) is 0 Å². The van der Waals surface area contributed by atoms with Gasteiger partial charge >= 0.3 is 6.18 Å². The molecule has 210 valence electrons. The Morgan fingerprint density at radius 1 is 1.10 bits per heavy atom. The molecule has 1 aromatic carbocycles. The first-order valence-corrected chi connectivity index (χ1v) is 13.4. The molecule has 15 heteroatoms. The molecule has 0 fully saturated rings. The summed E-state index contributed by atoms with van der Waals surface area (Å²) in [6.07, 6.45) is -2.13. The van der Waals surface area contributed by atoms with E-state index in [2.05, 4.69) is 35.6 Å². The van der Waals surface area contributed by atoms with Gasteiger partial charge in [0.05, 0.1) is 5.75 Å². The molecule has 4 N–H and O–H groups in total. The molecule has 0 bridgehead atoms. The van der Waals surface area contributed by atoms with E-state index in [1.165, 1.54) is 31.3 Å². The van der Waals surface area contributed by atoms with Gasteiger partial charge in [0.2, 0.25) is 16.0 Å². The van der Waals surface area contributed by atoms with E-state index in [9.17, 15) is 26.4 Å². The molecule has 0 aliphatic rings. The van der Waals surface area contributed by atoms with Crippen molar-refractivity contribution in [2.45, 2.75) is 26.1 Å². The predicted octanol–water partition coefficient (Wildman–Crippen LogP) is 3.77. The Bertz CT molecular complexity index is 1390. The number of nitrogens with zero attached hydrogens (tertiary/aromatic N) is 3. The van der Waals surface area contributed by atoms with E-state index in [0.717, 1.165) is 0 Å². The molecule has 39 heavy (non-hydrogen) atoms. The monoisotopic (exact) mass is 567 g/mol. The number of pyridine rings is 1. The van der Waals surface area contributed by atoms with Crippen molar-refractivity contribution >= 4 is 39.2 Å². The van der Waals surface area contributed by atoms with Gasteiger partial charge in [0, 0.05) is 56.0 Å². The fourth-order valence-corrected chi connectivity index (χ4v) is 3.87. The van der Waals surface area contributed by atoms with E-state index in [1.807, 2.05) is 0 Å². The maximum Gasteiger partial charge on any atom is 0.421 e. The number of methoxy groups -OCH3 is 1. The number of alkyl halides is 3. The summed E-state index contributed by atoms with van der Waals surface area (Å²) in [5.41, 5.74) is -0.0908. The second-order valence-corrected chi connectivity index (χ2v) is 10.1. The van der Waals surface area contributed by atoms with Crippen LogP contribution in [0, 0.1) is 0 Å². The van der Waals surface area contributed by atoms with Crippen LogP contribution >= 0.6 is 0 Å². The van der Waals surface area contributed by atoms with Gasteiger partial charge in [-0.2, -0.15) is 18.2 Å². The summed E-state index contributed by atoms with van der Waals surface area (Å²) in [6.45, 7) is 2.15. The Hall–Kier alpha value is -3.98. The molecular formula is C24H28F3N7O4S. The zero-order valence-electron chi connectivity index (χ0n) is 21.2. The van der Waals surface area contributed by atoms with Crippen molar-refractivity contribution in [3.05, 3.63) is 65.5 Å². The van der Waals surface area contributed by atoms with E-state index >= 15 is 0 Å². The molecule has 2 heterocycles. The van der Waals surface area contributed by atoms with Gasteiger partial charge in [-0.1, -0.05) is 12.1 Å². The fraction of sp³-hybridized carbons (Fsp3) is 0.333. The first-order valence-electron chi connectivity index (χ1n) is 11.8. The Labute approximate surface area is 223 Å². The summed E-state index contributed by atoms with van der Waals surface area (Å²) in [5.74, 6) is -1.21. The molecule has 0 atom stereocenters. The molecule has 0 spiro atoms. The number of anilines is 4. The van der Waals surface area contributed by atoms with Crippen molar-refractivity contribution in [1.29, 1.82) is 0 Å². The zero-order chi connectivity index (χ0) is 28.5. The van der Waals surface area contributed by atoms with Gasteiger partial charge in [0.15, 0.2) is 0 Å². The Balaban J connectivity index is 1.80. The topological polar surface area (TPSA) is 147 Å². The highest BCUT2D eigenvalue weighted by atomic mass is 32.2. The minimum absolute atomic E-state index is 0.00914. The van der Waals surface area contributed by atoms with E-state index < -0.39 is 27.6 Å². The number of benzene rings is 1. The van der Waals surface area contributed by atoms with Gasteiger partial charge in [-0.3, -0.25) is 9.52 Å². The number of ether oxygens (including phenoxy) is 1. The fourth-order valence-electron chi connectivity index (χ4n) is 3.24. The lowest BCUT2D eigenvalue weighted by atomic mass is 10.2. The lowest BCUT2D eigenvalue weighted by molar-refractivity contribution is -0.137. The number of carbonyl (C=O) groups excluding carboxylic acids is 1. The van der Waals surface area contributed by atoms with Crippen LogP contribution in [0.2, 0.25) is 0 Å². The molecule has 0 saturated heterocycles. The van der Waals surface area contributed by atoms with Gasteiger partial charge in [0.1, 0.15) is 17.2 Å². The molecule has 2 aromatic heterocycles. The number of nitrogens with one attached hydrogen (secondary N) is 4. The standard InChI is InChI=1S/C24H28F3N7O4S/c1-3-39(36,37)34-20-17(8-5-10-28-20)14-30-21-19(24(25,26)27)15-31-23(33-21)32-18-9-4-7-16(13-18)22(35)29-11-6-12-38-2/h4-5,7-10,13,15H,3,6,11-12,14H2,1-2H3,(H,28,34)(H,29,35)(H2,30,31,32,33). The summed E-state index contributed by atoms with van der Waals surface area (Å²) in [4.78, 5) is 24.1. The largest absolute Gasteiger partial charge is 0.421 e. The Kier molecular flexibility index (Phi) is 10.0. The highest BCUT2D eigenvalue weighted by molar-refractivity contribution is 7.92. The van der Waals surface area contributed by atoms with E-state index in [-0.39, 0.29) is 30.0 Å². The SMILES string of the molecule is CCS(=O)(=O)Nc1ncccc1CNc1nc(Nc2cccc(C(=O)NCCCOC)c2)ncc1C(F)(F)F. The van der Waals surface area contributed by atoms with Crippen LogP contribution in [-0.4, -0.2) is 55.3 Å². The molecule has 0 aliphatic carbocycles. The highest BCUT2D eigenvalue weighted by Crippen LogP contribution is 2.34. The molecule has 11 nitrogen and oxygen atoms in total. The second-order valence-electron chi connectivity index (χ2n) is 8.13. The molecule has 0 unspecified atom stereocenters. The molecule has 0 radical (unpaired) electrons. The summed E-state index contributed by atoms with van der Waals surface area (Å²) in [5, 5.41) is 8.17. The zero-order valence-corrected chi connectivity index (χ0v) is 22.0. The summed E-state index contributed by atoms with van der Waals surface area (Å²) >= 11 is 0. The van der Waals surface area contributed by atoms with Gasteiger partial charge in [-0.15, -0.1) is 0 Å². The minimum atomic E-state index is -4.76. The first-order chi connectivity index (χ1) is 18.5. The third kappa shape index (κ3) is 8.78. The van der Waals surface area contributed by atoms with Crippen LogP contribution in [-0.2, 0) is 27.5 Å². The van der Waals surface area contributed by atoms with Crippen molar-refractivity contribution in [2.24, 2.45) is 0 Å². The highest BCUT2D eigenvalue weighted by Gasteiger charge is 2.35. The van der Waals surface area contributed by atoms with E-state index in [0.29, 0.717) is 42.6 Å². The van der Waals surface area contributed by atoms with Crippen LogP contribution in [0.3, 0.4) is 0 Å². The second kappa shape index (κ2) is 13.2. The van der Waals surface area contributed by atoms with E-state index in [1.54, 1.807) is 25.3 Å². The van der Waals surface area contributed by atoms with Gasteiger partial charge in [-0.25, -0.2) is 18.4 Å². The van der Waals surface area contributed by atoms with Crippen molar-refractivity contribution in [1.82, 2.24) is 20.3 Å². The number of hydrogen-bond donors (Lipinski definition) is 4. The number of hydrogen-bond acceptors (Lipinski definition) is 9. The third-order valence-electron chi connectivity index (χ3n) is 5.26. The molecule has 0 aliphatic heterocycles. The maximum absolute atomic E-state index is 13.7. The quantitative estimate of drug-likeness (QED) is 0.227. The smallest absolute Gasteiger partial charge is 0.385 e. The van der Waals surface area contributed by atoms with Crippen LogP contribution < -0.4 is 20.7 Å². The Morgan fingerprint density at radius 2 is 1.90 bits per heavy atom. The molecule has 3 rings (SSSR count). The molecule has 3 aromatic rings. The van der Waals surface area contributed by atoms with E-state index in [4.69, 9.17) is 4.74 Å². The third-order valence-corrected chi connectivity index (χ3v) is 6.52. The number of rotatable bonds is 13. The van der Waals surface area contributed by atoms with Crippen molar-refractivity contribution in [3.63, 3.8) is 0 Å². The van der Waals surface area contributed by atoms with Gasteiger partial charge in [0.25, 0.3) is 5.91 Å². The van der Waals surface area contributed by atoms with Gasteiger partial charge in [-0.05, 0) is 37.6 Å². The predicted molar refractivity (Wildman–Crippen MR) is 140 cm³/mol. The lowest BCUT2D eigenvalue weighted by Gasteiger charge is -2.16. The number of aromatic nitrogens is 3.